The summed E-state index contributed by atoms with van der Waals surface area (Å²) in [5, 5.41) is 1.42. The van der Waals surface area contributed by atoms with Gasteiger partial charge in [-0.15, -0.1) is 11.8 Å². The third-order valence-electron chi connectivity index (χ3n) is 4.54. The number of nitrogens with zero attached hydrogens (tertiary/aromatic N) is 1. The number of hydrogen-bond acceptors (Lipinski definition) is 2. The summed E-state index contributed by atoms with van der Waals surface area (Å²) in [6, 6.07) is 7.58. The van der Waals surface area contributed by atoms with Crippen LogP contribution < -0.4 is 0 Å². The molecule has 0 unspecified atom stereocenters. The molecule has 22 heavy (non-hydrogen) atoms. The van der Waals surface area contributed by atoms with Crippen molar-refractivity contribution < 1.29 is 0 Å². The summed E-state index contributed by atoms with van der Waals surface area (Å²) in [6.07, 6.45) is 6.07. The molecule has 0 saturated carbocycles. The van der Waals surface area contributed by atoms with E-state index in [4.69, 9.17) is 0 Å². The molecule has 3 rings (SSSR count). The lowest BCUT2D eigenvalue weighted by molar-refractivity contribution is 0.310. The van der Waals surface area contributed by atoms with E-state index in [1.807, 2.05) is 11.8 Å². The van der Waals surface area contributed by atoms with E-state index in [9.17, 15) is 0 Å². The van der Waals surface area contributed by atoms with Crippen LogP contribution in [0.4, 0.5) is 0 Å². The van der Waals surface area contributed by atoms with Gasteiger partial charge in [-0.25, -0.2) is 0 Å². The summed E-state index contributed by atoms with van der Waals surface area (Å²) in [4.78, 5) is 7.35. The van der Waals surface area contributed by atoms with Crippen LogP contribution >= 0.6 is 11.8 Å². The van der Waals surface area contributed by atoms with Crippen LogP contribution in [0.2, 0.25) is 0 Å². The standard InChI is InChI=1S/C19H28N2S/c1-19(2,3)13-22-16-7-8-18-17(11-16)14(12-20-18)10-15-6-5-9-21(15)4/h7-8,11-12,15,20H,5-6,9-10,13H2,1-4H3/t15-/m1/s1. The monoisotopic (exact) mass is 316 g/mol. The molecule has 0 bridgehead atoms. The quantitative estimate of drug-likeness (QED) is 0.805. The molecule has 1 aromatic heterocycles. The van der Waals surface area contributed by atoms with Crippen LogP contribution in [0.3, 0.4) is 0 Å². The molecule has 2 nitrogen and oxygen atoms in total. The summed E-state index contributed by atoms with van der Waals surface area (Å²) in [7, 11) is 2.26. The Kier molecular flexibility index (Phi) is 4.56. The van der Waals surface area contributed by atoms with Gasteiger partial charge in [-0.2, -0.15) is 0 Å². The van der Waals surface area contributed by atoms with E-state index in [0.29, 0.717) is 11.5 Å². The Hall–Kier alpha value is -0.930. The predicted molar refractivity (Wildman–Crippen MR) is 97.8 cm³/mol. The molecule has 1 aliphatic heterocycles. The Morgan fingerprint density at radius 2 is 2.14 bits per heavy atom. The van der Waals surface area contributed by atoms with E-state index in [2.05, 4.69) is 62.1 Å². The van der Waals surface area contributed by atoms with E-state index >= 15 is 0 Å². The lowest BCUT2D eigenvalue weighted by atomic mass is 10.0. The Balaban J connectivity index is 1.79. The van der Waals surface area contributed by atoms with Crippen molar-refractivity contribution in [1.82, 2.24) is 9.88 Å². The summed E-state index contributed by atoms with van der Waals surface area (Å²) in [5.74, 6) is 1.16. The third-order valence-corrected chi connectivity index (χ3v) is 6.14. The van der Waals surface area contributed by atoms with E-state index in [-0.39, 0.29) is 0 Å². The Morgan fingerprint density at radius 3 is 2.82 bits per heavy atom. The van der Waals surface area contributed by atoms with Gasteiger partial charge in [0.1, 0.15) is 0 Å². The van der Waals surface area contributed by atoms with Gasteiger partial charge in [0.2, 0.25) is 0 Å². The van der Waals surface area contributed by atoms with Crippen molar-refractivity contribution >= 4 is 22.7 Å². The van der Waals surface area contributed by atoms with Gasteiger partial charge in [-0.1, -0.05) is 20.8 Å². The highest BCUT2D eigenvalue weighted by Gasteiger charge is 2.22. The molecule has 1 aliphatic rings. The molecule has 0 spiro atoms. The first-order valence-electron chi connectivity index (χ1n) is 8.35. The van der Waals surface area contributed by atoms with Gasteiger partial charge >= 0.3 is 0 Å². The highest BCUT2D eigenvalue weighted by atomic mass is 32.2. The predicted octanol–water partition coefficient (Wildman–Crippen LogP) is 4.94. The number of likely N-dealkylation sites (tertiary alicyclic amines) is 1. The third kappa shape index (κ3) is 3.69. The zero-order valence-electron chi connectivity index (χ0n) is 14.3. The highest BCUT2D eigenvalue weighted by molar-refractivity contribution is 7.99. The average molecular weight is 317 g/mol. The zero-order chi connectivity index (χ0) is 15.7. The fourth-order valence-electron chi connectivity index (χ4n) is 3.21. The van der Waals surface area contributed by atoms with E-state index in [1.54, 1.807) is 0 Å². The number of benzene rings is 1. The second-order valence-corrected chi connectivity index (χ2v) is 8.90. The summed E-state index contributed by atoms with van der Waals surface area (Å²) in [6.45, 7) is 8.16. The van der Waals surface area contributed by atoms with Crippen LogP contribution in [0.15, 0.2) is 29.3 Å². The lowest BCUT2D eigenvalue weighted by Gasteiger charge is -2.19. The van der Waals surface area contributed by atoms with Crippen molar-refractivity contribution in [2.75, 3.05) is 19.3 Å². The van der Waals surface area contributed by atoms with Gasteiger partial charge in [0.15, 0.2) is 0 Å². The molecule has 0 aliphatic carbocycles. The van der Waals surface area contributed by atoms with Crippen molar-refractivity contribution in [3.8, 4) is 0 Å². The first-order chi connectivity index (χ1) is 10.4. The average Bonchev–Trinajstić information content (AvgIpc) is 3.04. The summed E-state index contributed by atoms with van der Waals surface area (Å²) < 4.78 is 0. The van der Waals surface area contributed by atoms with Crippen molar-refractivity contribution in [3.05, 3.63) is 30.0 Å². The number of fused-ring (bicyclic) bond motifs is 1. The maximum atomic E-state index is 3.45. The first-order valence-corrected chi connectivity index (χ1v) is 9.34. The largest absolute Gasteiger partial charge is 0.361 e. The van der Waals surface area contributed by atoms with Crippen LogP contribution in [0.1, 0.15) is 39.2 Å². The van der Waals surface area contributed by atoms with Crippen molar-refractivity contribution in [1.29, 1.82) is 0 Å². The van der Waals surface area contributed by atoms with Crippen molar-refractivity contribution in [2.45, 2.75) is 51.0 Å². The zero-order valence-corrected chi connectivity index (χ0v) is 15.1. The van der Waals surface area contributed by atoms with Gasteiger partial charge in [0.25, 0.3) is 0 Å². The Bertz CT molecular complexity index is 638. The molecule has 1 saturated heterocycles. The number of aromatic nitrogens is 1. The van der Waals surface area contributed by atoms with Crippen molar-refractivity contribution in [2.24, 2.45) is 5.41 Å². The molecule has 1 atom stereocenters. The minimum absolute atomic E-state index is 0.368. The van der Waals surface area contributed by atoms with Crippen molar-refractivity contribution in [3.63, 3.8) is 0 Å². The van der Waals surface area contributed by atoms with Gasteiger partial charge in [-0.05, 0) is 62.0 Å². The van der Waals surface area contributed by atoms with E-state index < -0.39 is 0 Å². The number of nitrogens with one attached hydrogen (secondary N) is 1. The smallest absolute Gasteiger partial charge is 0.0457 e. The topological polar surface area (TPSA) is 19.0 Å². The minimum atomic E-state index is 0.368. The molecule has 0 amide bonds. The number of hydrogen-bond donors (Lipinski definition) is 1. The molecule has 1 aromatic carbocycles. The molecular weight excluding hydrogens is 288 g/mol. The fraction of sp³-hybridized carbons (Fsp3) is 0.579. The SMILES string of the molecule is CN1CCC[C@@H]1Cc1c[nH]c2ccc(SCC(C)(C)C)cc12. The molecule has 0 radical (unpaired) electrons. The van der Waals surface area contributed by atoms with Crippen LogP contribution in [-0.2, 0) is 6.42 Å². The number of aromatic amines is 1. The second-order valence-electron chi connectivity index (χ2n) is 7.85. The second kappa shape index (κ2) is 6.29. The van der Waals surface area contributed by atoms with E-state index in [1.165, 1.54) is 47.2 Å². The van der Waals surface area contributed by atoms with Gasteiger partial charge in [-0.3, -0.25) is 0 Å². The summed E-state index contributed by atoms with van der Waals surface area (Å²) in [5.41, 5.74) is 3.12. The Morgan fingerprint density at radius 1 is 1.32 bits per heavy atom. The first kappa shape index (κ1) is 15.9. The van der Waals surface area contributed by atoms with Gasteiger partial charge < -0.3 is 9.88 Å². The highest BCUT2D eigenvalue weighted by Crippen LogP contribution is 2.31. The molecule has 2 aromatic rings. The minimum Gasteiger partial charge on any atom is -0.361 e. The van der Waals surface area contributed by atoms with Crippen LogP contribution in [0.25, 0.3) is 10.9 Å². The van der Waals surface area contributed by atoms with Gasteiger partial charge in [0.05, 0.1) is 0 Å². The maximum Gasteiger partial charge on any atom is 0.0457 e. The molecule has 1 N–H and O–H groups in total. The van der Waals surface area contributed by atoms with E-state index in [0.717, 1.165) is 5.75 Å². The molecule has 1 fully saturated rings. The fourth-order valence-corrected chi connectivity index (χ4v) is 4.17. The van der Waals surface area contributed by atoms with Crippen LogP contribution in [-0.4, -0.2) is 35.3 Å². The summed E-state index contributed by atoms with van der Waals surface area (Å²) >= 11 is 1.97. The van der Waals surface area contributed by atoms with Gasteiger partial charge in [0, 0.05) is 33.8 Å². The number of H-pyrrole nitrogens is 1. The number of rotatable bonds is 4. The molecule has 2 heterocycles. The molecule has 120 valence electrons. The molecule has 3 heteroatoms. The maximum absolute atomic E-state index is 3.45. The molecular formula is C19H28N2S. The number of thioether (sulfide) groups is 1. The van der Waals surface area contributed by atoms with Crippen LogP contribution in [0.5, 0.6) is 0 Å². The normalized spacial score (nSPS) is 20.1. The number of likely N-dealkylation sites (N-methyl/N-ethyl adjacent to an activating group) is 1. The lowest BCUT2D eigenvalue weighted by Crippen LogP contribution is -2.26. The Labute approximate surface area is 138 Å². The van der Waals surface area contributed by atoms with Crippen LogP contribution in [0, 0.1) is 5.41 Å².